The van der Waals surface area contributed by atoms with Gasteiger partial charge in [0.05, 0.1) is 11.1 Å². The molecule has 2 aliphatic rings. The first-order valence-electron chi connectivity index (χ1n) is 14.4. The molecule has 0 radical (unpaired) electrons. The fourth-order valence-electron chi connectivity index (χ4n) is 6.14. The topological polar surface area (TPSA) is 114 Å². The second-order valence-electron chi connectivity index (χ2n) is 10.9. The predicted octanol–water partition coefficient (Wildman–Crippen LogP) is 6.73. The van der Waals surface area contributed by atoms with Gasteiger partial charge in [-0.2, -0.15) is 0 Å². The summed E-state index contributed by atoms with van der Waals surface area (Å²) in [6.07, 6.45) is 4.24. The number of rotatable bonds is 10. The van der Waals surface area contributed by atoms with Crippen molar-refractivity contribution in [3.63, 3.8) is 0 Å². The first kappa shape index (κ1) is 28.8. The number of phenols is 2. The van der Waals surface area contributed by atoms with Crippen molar-refractivity contribution >= 4 is 34.2 Å². The lowest BCUT2D eigenvalue weighted by molar-refractivity contribution is -0.121. The molecule has 43 heavy (non-hydrogen) atoms. The van der Waals surface area contributed by atoms with E-state index in [0.717, 1.165) is 32.3 Å². The number of hydrogen-bond acceptors (Lipinski definition) is 7. The molecule has 0 saturated carbocycles. The molecule has 0 aliphatic carbocycles. The van der Waals surface area contributed by atoms with E-state index in [9.17, 15) is 19.8 Å². The number of carbonyl (C=O) groups excluding carboxylic acids is 2. The van der Waals surface area contributed by atoms with Gasteiger partial charge in [-0.15, -0.1) is 0 Å². The second-order valence-corrected chi connectivity index (χ2v) is 11.2. The number of phenolic OH excluding ortho intramolecular Hbond substituents is 2. The van der Waals surface area contributed by atoms with Crippen LogP contribution in [0.2, 0.25) is 5.02 Å². The minimum Gasteiger partial charge on any atom is -0.507 e. The number of hydrogen-bond donors (Lipinski definition) is 3. The number of nitrogens with one attached hydrogen (secondary N) is 1. The summed E-state index contributed by atoms with van der Waals surface area (Å²) in [4.78, 5) is 26.0. The fourth-order valence-corrected chi connectivity index (χ4v) is 6.40. The van der Waals surface area contributed by atoms with Crippen LogP contribution in [0.25, 0.3) is 10.8 Å². The molecule has 0 bridgehead atoms. The van der Waals surface area contributed by atoms with Crippen LogP contribution < -0.4 is 10.1 Å². The van der Waals surface area contributed by atoms with E-state index in [4.69, 9.17) is 25.8 Å². The third-order valence-corrected chi connectivity index (χ3v) is 8.55. The van der Waals surface area contributed by atoms with Crippen molar-refractivity contribution in [2.45, 2.75) is 44.1 Å². The van der Waals surface area contributed by atoms with E-state index in [-0.39, 0.29) is 46.8 Å². The van der Waals surface area contributed by atoms with Gasteiger partial charge < -0.3 is 29.7 Å². The summed E-state index contributed by atoms with van der Waals surface area (Å²) < 4.78 is 17.6. The molecule has 9 heteroatoms. The fraction of sp³-hybridized carbons (Fsp3) is 0.294. The maximum Gasteiger partial charge on any atom is 0.340 e. The van der Waals surface area contributed by atoms with E-state index in [1.54, 1.807) is 31.4 Å². The van der Waals surface area contributed by atoms with Crippen LogP contribution in [0.15, 0.2) is 60.7 Å². The summed E-state index contributed by atoms with van der Waals surface area (Å²) in [6, 6.07) is 17.6. The number of benzene rings is 4. The largest absolute Gasteiger partial charge is 0.507 e. The number of fused-ring (bicyclic) bond motifs is 8. The minimum atomic E-state index is -1.47. The molecule has 222 valence electrons. The van der Waals surface area contributed by atoms with Crippen molar-refractivity contribution in [1.29, 1.82) is 0 Å². The molecule has 0 saturated heterocycles. The number of halogens is 1. The lowest BCUT2D eigenvalue weighted by Gasteiger charge is -2.38. The number of aryl methyl sites for hydroxylation is 1. The Balaban J connectivity index is 1.38. The monoisotopic (exact) mass is 601 g/mol. The summed E-state index contributed by atoms with van der Waals surface area (Å²) in [7, 11) is 1.69. The number of esters is 1. The van der Waals surface area contributed by atoms with Gasteiger partial charge in [0.15, 0.2) is 11.4 Å². The highest BCUT2D eigenvalue weighted by molar-refractivity contribution is 6.34. The molecule has 3 N–H and O–H groups in total. The molecule has 2 heterocycles. The Morgan fingerprint density at radius 2 is 1.72 bits per heavy atom. The van der Waals surface area contributed by atoms with Crippen LogP contribution in [0.3, 0.4) is 0 Å². The van der Waals surface area contributed by atoms with Gasteiger partial charge in [0.1, 0.15) is 22.3 Å². The molecule has 4 aromatic carbocycles. The predicted molar refractivity (Wildman–Crippen MR) is 162 cm³/mol. The SMILES string of the molecule is COCCCCCCNC(=O)CCc1cc2c(c(Cl)c1O)Oc1cc(O)c3ccccc3c1C21OC(=O)c2ccccc21. The van der Waals surface area contributed by atoms with E-state index in [2.05, 4.69) is 5.32 Å². The molecule has 2 aliphatic heterocycles. The number of aromatic hydroxyl groups is 2. The summed E-state index contributed by atoms with van der Waals surface area (Å²) in [5, 5.41) is 26.1. The van der Waals surface area contributed by atoms with Crippen LogP contribution in [-0.2, 0) is 26.3 Å². The Hall–Kier alpha value is -4.27. The highest BCUT2D eigenvalue weighted by atomic mass is 35.5. The average molecular weight is 602 g/mol. The Morgan fingerprint density at radius 1 is 0.977 bits per heavy atom. The standard InChI is InChI=1S/C34H32ClNO7/c1-41-17-9-3-2-8-16-36-28(38)15-14-20-18-25-32(30(35)31(20)39)42-27-19-26(37)21-10-4-5-11-22(21)29(27)34(25)24-13-7-6-12-23(24)33(40)43-34/h4-7,10-13,18-19,37,39H,2-3,8-9,14-17H2,1H3,(H,36,38). The van der Waals surface area contributed by atoms with Gasteiger partial charge in [-0.05, 0) is 42.3 Å². The molecule has 1 spiro atoms. The Bertz CT molecular complexity index is 1740. The normalized spacial score (nSPS) is 16.4. The van der Waals surface area contributed by atoms with Crippen LogP contribution in [0, 0.1) is 0 Å². The molecular formula is C34H32ClNO7. The van der Waals surface area contributed by atoms with Crippen molar-refractivity contribution in [2.24, 2.45) is 0 Å². The summed E-state index contributed by atoms with van der Waals surface area (Å²) in [5.74, 6) is -0.507. The van der Waals surface area contributed by atoms with Crippen LogP contribution in [0.1, 0.15) is 64.7 Å². The molecule has 4 aromatic rings. The van der Waals surface area contributed by atoms with Crippen LogP contribution in [0.5, 0.6) is 23.0 Å². The van der Waals surface area contributed by atoms with E-state index in [1.807, 2.05) is 30.3 Å². The quantitative estimate of drug-likeness (QED) is 0.136. The third kappa shape index (κ3) is 4.94. The van der Waals surface area contributed by atoms with Gasteiger partial charge in [0, 0.05) is 49.3 Å². The van der Waals surface area contributed by atoms with Gasteiger partial charge in [0.2, 0.25) is 5.91 Å². The highest BCUT2D eigenvalue weighted by Gasteiger charge is 2.55. The van der Waals surface area contributed by atoms with Gasteiger partial charge in [-0.25, -0.2) is 4.79 Å². The first-order chi connectivity index (χ1) is 20.9. The summed E-state index contributed by atoms with van der Waals surface area (Å²) in [5.41, 5.74) is 0.920. The third-order valence-electron chi connectivity index (χ3n) is 8.20. The zero-order chi connectivity index (χ0) is 30.1. The van der Waals surface area contributed by atoms with Crippen molar-refractivity contribution < 1.29 is 34.0 Å². The molecule has 8 nitrogen and oxygen atoms in total. The van der Waals surface area contributed by atoms with Crippen LogP contribution in [-0.4, -0.2) is 42.4 Å². The van der Waals surface area contributed by atoms with E-state index in [1.165, 1.54) is 6.07 Å². The number of carbonyl (C=O) groups is 2. The van der Waals surface area contributed by atoms with Gasteiger partial charge in [-0.1, -0.05) is 66.9 Å². The van der Waals surface area contributed by atoms with E-state index < -0.39 is 11.6 Å². The van der Waals surface area contributed by atoms with Gasteiger partial charge >= 0.3 is 5.97 Å². The minimum absolute atomic E-state index is 0.0106. The molecule has 1 unspecified atom stereocenters. The van der Waals surface area contributed by atoms with E-state index >= 15 is 0 Å². The molecule has 0 aromatic heterocycles. The molecule has 0 fully saturated rings. The Kier molecular flexibility index (Phi) is 7.90. The number of methoxy groups -OCH3 is 1. The summed E-state index contributed by atoms with van der Waals surface area (Å²) >= 11 is 6.75. The number of ether oxygens (including phenoxy) is 3. The zero-order valence-electron chi connectivity index (χ0n) is 23.7. The zero-order valence-corrected chi connectivity index (χ0v) is 24.5. The lowest BCUT2D eigenvalue weighted by Crippen LogP contribution is -2.33. The second kappa shape index (κ2) is 11.8. The summed E-state index contributed by atoms with van der Waals surface area (Å²) in [6.45, 7) is 1.31. The van der Waals surface area contributed by atoms with Crippen molar-refractivity contribution in [1.82, 2.24) is 5.32 Å². The van der Waals surface area contributed by atoms with Crippen molar-refractivity contribution in [2.75, 3.05) is 20.3 Å². The Labute approximate surface area is 254 Å². The molecular weight excluding hydrogens is 570 g/mol. The van der Waals surface area contributed by atoms with E-state index in [0.29, 0.717) is 45.1 Å². The van der Waals surface area contributed by atoms with Crippen molar-refractivity contribution in [3.05, 3.63) is 93.5 Å². The van der Waals surface area contributed by atoms with Gasteiger partial charge in [0.25, 0.3) is 0 Å². The Morgan fingerprint density at radius 3 is 2.53 bits per heavy atom. The van der Waals surface area contributed by atoms with Crippen molar-refractivity contribution in [3.8, 4) is 23.0 Å². The first-order valence-corrected chi connectivity index (χ1v) is 14.8. The molecule has 6 rings (SSSR count). The van der Waals surface area contributed by atoms with Crippen LogP contribution >= 0.6 is 11.6 Å². The van der Waals surface area contributed by atoms with Crippen LogP contribution in [0.4, 0.5) is 0 Å². The highest BCUT2D eigenvalue weighted by Crippen LogP contribution is 2.61. The maximum absolute atomic E-state index is 13.4. The average Bonchev–Trinajstić information content (AvgIpc) is 3.30. The smallest absolute Gasteiger partial charge is 0.340 e. The lowest BCUT2D eigenvalue weighted by atomic mass is 9.75. The molecule has 1 atom stereocenters. The number of unbranched alkanes of at least 4 members (excludes halogenated alkanes) is 3. The number of amides is 1. The molecule has 1 amide bonds. The maximum atomic E-state index is 13.4. The van der Waals surface area contributed by atoms with Gasteiger partial charge in [-0.3, -0.25) is 4.79 Å².